The van der Waals surface area contributed by atoms with Gasteiger partial charge in [-0.15, -0.1) is 0 Å². The Hall–Kier alpha value is -1.51. The molecule has 10 heavy (non-hydrogen) atoms. The number of fused-ring (bicyclic) bond motifs is 1. The Morgan fingerprint density at radius 1 is 1.40 bits per heavy atom. The minimum absolute atomic E-state index is 0.232. The quantitative estimate of drug-likeness (QED) is 0.595. The Bertz CT molecular complexity index is 353. The molecule has 0 fully saturated rings. The van der Waals surface area contributed by atoms with Gasteiger partial charge in [-0.05, 0) is 18.2 Å². The van der Waals surface area contributed by atoms with Crippen LogP contribution in [0.4, 0.5) is 0 Å². The molecule has 1 heterocycles. The van der Waals surface area contributed by atoms with Crippen LogP contribution in [0.25, 0.3) is 10.9 Å². The molecule has 2 rings (SSSR count). The molecule has 0 radical (unpaired) electrons. The zero-order valence-electron chi connectivity index (χ0n) is 5.11. The molecular weight excluding hydrogens is 130 g/mol. The van der Waals surface area contributed by atoms with Crippen molar-refractivity contribution in [2.75, 3.05) is 0 Å². The van der Waals surface area contributed by atoms with Gasteiger partial charge in [0.25, 0.3) is 0 Å². The minimum Gasteiger partial charge on any atom is -0.508 e. The summed E-state index contributed by atoms with van der Waals surface area (Å²) in [5.74, 6) is 0.232. The van der Waals surface area contributed by atoms with Gasteiger partial charge in [-0.3, -0.25) is 0 Å². The molecule has 1 aromatic carbocycles. The maximum atomic E-state index is 8.98. The van der Waals surface area contributed by atoms with Crippen LogP contribution >= 0.6 is 0 Å². The molecule has 0 unspecified atom stereocenters. The summed E-state index contributed by atoms with van der Waals surface area (Å²) < 4.78 is 4.66. The lowest BCUT2D eigenvalue weighted by Gasteiger charge is -1.86. The third-order valence-corrected chi connectivity index (χ3v) is 1.34. The van der Waals surface area contributed by atoms with Crippen LogP contribution in [0.3, 0.4) is 0 Å². The lowest BCUT2D eigenvalue weighted by molar-refractivity contribution is 0.428. The predicted octanol–water partition coefficient (Wildman–Crippen LogP) is 1.53. The number of phenolic OH excluding ortho intramolecular Hbond substituents is 1. The third kappa shape index (κ3) is 0.639. The number of benzene rings is 1. The van der Waals surface area contributed by atoms with Crippen molar-refractivity contribution in [2.45, 2.75) is 0 Å². The number of aromatic nitrogens is 1. The molecule has 1 aromatic heterocycles. The van der Waals surface area contributed by atoms with Crippen molar-refractivity contribution in [3.63, 3.8) is 0 Å². The van der Waals surface area contributed by atoms with Gasteiger partial charge in [-0.25, -0.2) is 0 Å². The van der Waals surface area contributed by atoms with E-state index in [2.05, 4.69) is 9.68 Å². The zero-order chi connectivity index (χ0) is 6.97. The first-order valence-electron chi connectivity index (χ1n) is 2.89. The molecule has 1 N–H and O–H groups in total. The molecule has 0 aliphatic carbocycles. The summed E-state index contributed by atoms with van der Waals surface area (Å²) in [5.41, 5.74) is 0.762. The van der Waals surface area contributed by atoms with Gasteiger partial charge in [-0.2, -0.15) is 0 Å². The van der Waals surface area contributed by atoms with E-state index >= 15 is 0 Å². The lowest BCUT2D eigenvalue weighted by Crippen LogP contribution is -1.65. The first-order valence-corrected chi connectivity index (χ1v) is 2.89. The van der Waals surface area contributed by atoms with Gasteiger partial charge in [0.1, 0.15) is 17.5 Å². The van der Waals surface area contributed by atoms with Crippen molar-refractivity contribution in [3.05, 3.63) is 24.5 Å². The summed E-state index contributed by atoms with van der Waals surface area (Å²) in [6.07, 6.45) is 1.50. The standard InChI is InChI=1S/C7H5NO2/c9-6-1-2-7-5(3-6)4-10-8-7/h1-4,9H. The Labute approximate surface area is 56.9 Å². The van der Waals surface area contributed by atoms with Crippen LogP contribution in [0.5, 0.6) is 5.75 Å². The highest BCUT2D eigenvalue weighted by molar-refractivity contribution is 5.78. The molecule has 3 nitrogen and oxygen atoms in total. The number of nitrogens with zero attached hydrogens (tertiary/aromatic N) is 1. The average Bonchev–Trinajstić information content (AvgIpc) is 2.33. The van der Waals surface area contributed by atoms with Gasteiger partial charge < -0.3 is 9.63 Å². The van der Waals surface area contributed by atoms with E-state index in [1.165, 1.54) is 6.26 Å². The van der Waals surface area contributed by atoms with E-state index in [9.17, 15) is 0 Å². The largest absolute Gasteiger partial charge is 0.508 e. The molecule has 0 saturated carbocycles. The monoisotopic (exact) mass is 135 g/mol. The van der Waals surface area contributed by atoms with Crippen molar-refractivity contribution in [1.82, 2.24) is 5.16 Å². The first-order chi connectivity index (χ1) is 4.86. The normalized spacial score (nSPS) is 10.4. The molecule has 0 atom stereocenters. The number of aromatic hydroxyl groups is 1. The fourth-order valence-corrected chi connectivity index (χ4v) is 0.859. The number of rotatable bonds is 0. The summed E-state index contributed by atoms with van der Waals surface area (Å²) >= 11 is 0. The molecule has 0 aliphatic rings. The summed E-state index contributed by atoms with van der Waals surface area (Å²) in [7, 11) is 0. The van der Waals surface area contributed by atoms with E-state index < -0.39 is 0 Å². The SMILES string of the molecule is Oc1ccc2nocc2c1. The smallest absolute Gasteiger partial charge is 0.131 e. The van der Waals surface area contributed by atoms with Crippen molar-refractivity contribution in [3.8, 4) is 5.75 Å². The Balaban J connectivity index is 2.86. The van der Waals surface area contributed by atoms with E-state index in [1.807, 2.05) is 0 Å². The van der Waals surface area contributed by atoms with Crippen LogP contribution in [-0.2, 0) is 0 Å². The van der Waals surface area contributed by atoms with Gasteiger partial charge in [0.2, 0.25) is 0 Å². The van der Waals surface area contributed by atoms with E-state index in [4.69, 9.17) is 5.11 Å². The second-order valence-corrected chi connectivity index (χ2v) is 2.06. The molecule has 0 saturated heterocycles. The van der Waals surface area contributed by atoms with Gasteiger partial charge in [0.05, 0.1) is 0 Å². The maximum Gasteiger partial charge on any atom is 0.131 e. The van der Waals surface area contributed by atoms with E-state index in [0.29, 0.717) is 0 Å². The summed E-state index contributed by atoms with van der Waals surface area (Å²) in [4.78, 5) is 0. The van der Waals surface area contributed by atoms with Gasteiger partial charge in [0.15, 0.2) is 0 Å². The van der Waals surface area contributed by atoms with Crippen molar-refractivity contribution < 1.29 is 9.63 Å². The Morgan fingerprint density at radius 3 is 3.20 bits per heavy atom. The van der Waals surface area contributed by atoms with Crippen LogP contribution in [0, 0.1) is 0 Å². The van der Waals surface area contributed by atoms with Crippen LogP contribution in [0.2, 0.25) is 0 Å². The van der Waals surface area contributed by atoms with Gasteiger partial charge in [-0.1, -0.05) is 5.16 Å². The first kappa shape index (κ1) is 5.29. The van der Waals surface area contributed by atoms with Crippen molar-refractivity contribution in [2.24, 2.45) is 0 Å². The maximum absolute atomic E-state index is 8.98. The minimum atomic E-state index is 0.232. The van der Waals surface area contributed by atoms with Gasteiger partial charge in [0, 0.05) is 5.39 Å². The molecule has 0 aliphatic heterocycles. The summed E-state index contributed by atoms with van der Waals surface area (Å²) in [6, 6.07) is 4.88. The van der Waals surface area contributed by atoms with E-state index in [-0.39, 0.29) is 5.75 Å². The highest BCUT2D eigenvalue weighted by atomic mass is 16.5. The van der Waals surface area contributed by atoms with Crippen LogP contribution in [0.1, 0.15) is 0 Å². The molecule has 0 spiro atoms. The average molecular weight is 135 g/mol. The lowest BCUT2D eigenvalue weighted by atomic mass is 10.2. The molecule has 50 valence electrons. The second kappa shape index (κ2) is 1.73. The van der Waals surface area contributed by atoms with E-state index in [1.54, 1.807) is 18.2 Å². The number of hydrogen-bond acceptors (Lipinski definition) is 3. The molecule has 2 aromatic rings. The third-order valence-electron chi connectivity index (χ3n) is 1.34. The fourth-order valence-electron chi connectivity index (χ4n) is 0.859. The second-order valence-electron chi connectivity index (χ2n) is 2.06. The predicted molar refractivity (Wildman–Crippen MR) is 35.7 cm³/mol. The van der Waals surface area contributed by atoms with Crippen molar-refractivity contribution >= 4 is 10.9 Å². The highest BCUT2D eigenvalue weighted by Gasteiger charge is 1.96. The highest BCUT2D eigenvalue weighted by Crippen LogP contribution is 2.17. The topological polar surface area (TPSA) is 46.3 Å². The summed E-state index contributed by atoms with van der Waals surface area (Å²) in [5, 5.41) is 13.5. The van der Waals surface area contributed by atoms with E-state index in [0.717, 1.165) is 10.9 Å². The summed E-state index contributed by atoms with van der Waals surface area (Å²) in [6.45, 7) is 0. The number of hydrogen-bond donors (Lipinski definition) is 1. The number of phenols is 1. The molecule has 0 amide bonds. The molecule has 0 bridgehead atoms. The Morgan fingerprint density at radius 2 is 2.30 bits per heavy atom. The van der Waals surface area contributed by atoms with Crippen LogP contribution in [0.15, 0.2) is 29.0 Å². The fraction of sp³-hybridized carbons (Fsp3) is 0. The van der Waals surface area contributed by atoms with Crippen LogP contribution < -0.4 is 0 Å². The van der Waals surface area contributed by atoms with Gasteiger partial charge >= 0.3 is 0 Å². The van der Waals surface area contributed by atoms with Crippen LogP contribution in [-0.4, -0.2) is 10.3 Å². The molecular formula is C7H5NO2. The van der Waals surface area contributed by atoms with Crippen molar-refractivity contribution in [1.29, 1.82) is 0 Å². The molecule has 3 heteroatoms. The zero-order valence-corrected chi connectivity index (χ0v) is 5.11. The Kier molecular flexibility index (Phi) is 0.917.